The molecule has 0 aromatic rings. The van der Waals surface area contributed by atoms with E-state index in [9.17, 15) is 0 Å². The van der Waals surface area contributed by atoms with Crippen LogP contribution in [-0.4, -0.2) is 17.4 Å². The van der Waals surface area contributed by atoms with Crippen LogP contribution in [0.5, 0.6) is 0 Å². The second kappa shape index (κ2) is 3.31. The van der Waals surface area contributed by atoms with Gasteiger partial charge in [0.1, 0.15) is 5.84 Å². The van der Waals surface area contributed by atoms with Crippen LogP contribution < -0.4 is 0 Å². The predicted molar refractivity (Wildman–Crippen MR) is 63.5 cm³/mol. The maximum atomic E-state index is 5.77. The largest absolute Gasteiger partial charge is 0.236 e. The lowest BCUT2D eigenvalue weighted by atomic mass is 9.83. The van der Waals surface area contributed by atoms with Crippen LogP contribution >= 0.6 is 11.6 Å². The minimum absolute atomic E-state index is 0.229. The van der Waals surface area contributed by atoms with Gasteiger partial charge >= 0.3 is 0 Å². The summed E-state index contributed by atoms with van der Waals surface area (Å²) in [4.78, 5) is 8.87. The predicted octanol–water partition coefficient (Wildman–Crippen LogP) is 2.64. The number of aliphatic imine (C=N–C) groups is 2. The van der Waals surface area contributed by atoms with Crippen LogP contribution in [-0.2, 0) is 0 Å². The van der Waals surface area contributed by atoms with Crippen LogP contribution in [0.1, 0.15) is 0 Å². The van der Waals surface area contributed by atoms with E-state index < -0.39 is 0 Å². The topological polar surface area (TPSA) is 24.7 Å². The van der Waals surface area contributed by atoms with E-state index in [1.807, 2.05) is 24.3 Å². The summed E-state index contributed by atoms with van der Waals surface area (Å²) in [5.41, 5.74) is 3.36. The molecular formula is C12H9ClN2. The first kappa shape index (κ1) is 8.86. The van der Waals surface area contributed by atoms with Crippen LogP contribution in [0, 0.1) is 5.92 Å². The summed E-state index contributed by atoms with van der Waals surface area (Å²) in [6, 6.07) is 0. The summed E-state index contributed by atoms with van der Waals surface area (Å²) in [7, 11) is 0. The maximum absolute atomic E-state index is 5.77. The van der Waals surface area contributed by atoms with Crippen molar-refractivity contribution in [3.63, 3.8) is 0 Å². The molecule has 74 valence electrons. The molecule has 3 rings (SSSR count). The molecule has 0 saturated heterocycles. The van der Waals surface area contributed by atoms with Gasteiger partial charge in [-0.1, -0.05) is 24.3 Å². The van der Waals surface area contributed by atoms with E-state index in [0.717, 1.165) is 11.4 Å². The molecule has 0 N–H and O–H groups in total. The van der Waals surface area contributed by atoms with E-state index in [2.05, 4.69) is 22.1 Å². The average Bonchev–Trinajstić information content (AvgIpc) is 2.29. The third-order valence-electron chi connectivity index (χ3n) is 2.67. The highest BCUT2D eigenvalue weighted by Crippen LogP contribution is 2.33. The van der Waals surface area contributed by atoms with E-state index in [-0.39, 0.29) is 5.92 Å². The summed E-state index contributed by atoms with van der Waals surface area (Å²) in [5.74, 6) is 1.30. The molecule has 0 fully saturated rings. The Hall–Kier alpha value is -1.41. The molecule has 0 saturated carbocycles. The van der Waals surface area contributed by atoms with Crippen molar-refractivity contribution in [1.82, 2.24) is 0 Å². The second-order valence-corrected chi connectivity index (χ2v) is 3.88. The normalized spacial score (nSPS) is 26.3. The van der Waals surface area contributed by atoms with Gasteiger partial charge in [0.25, 0.3) is 0 Å². The van der Waals surface area contributed by atoms with Crippen molar-refractivity contribution in [3.05, 3.63) is 47.7 Å². The van der Waals surface area contributed by atoms with Gasteiger partial charge in [-0.3, -0.25) is 0 Å². The summed E-state index contributed by atoms with van der Waals surface area (Å²) in [6.07, 6.45) is 12.3. The molecule has 2 nitrogen and oxygen atoms in total. The van der Waals surface area contributed by atoms with Gasteiger partial charge in [-0.15, -0.1) is 11.6 Å². The molecule has 1 aliphatic heterocycles. The van der Waals surface area contributed by atoms with Crippen molar-refractivity contribution in [2.24, 2.45) is 15.9 Å². The smallest absolute Gasteiger partial charge is 0.143 e. The summed E-state index contributed by atoms with van der Waals surface area (Å²) < 4.78 is 0. The summed E-state index contributed by atoms with van der Waals surface area (Å²) in [6.45, 7) is 0. The number of alkyl halides is 1. The van der Waals surface area contributed by atoms with E-state index in [0.29, 0.717) is 11.7 Å². The van der Waals surface area contributed by atoms with Crippen molar-refractivity contribution < 1.29 is 0 Å². The minimum atomic E-state index is 0.229. The van der Waals surface area contributed by atoms with E-state index in [1.54, 1.807) is 0 Å². The number of nitrogens with zero attached hydrogens (tertiary/aromatic N) is 2. The standard InChI is InChI=1S/C12H9ClN2/c13-7-11-14-9-5-1-3-8-4-2-6-10(15-11)12(8)9/h1-6,12H,7H2. The maximum Gasteiger partial charge on any atom is 0.143 e. The Kier molecular flexibility index (Phi) is 1.96. The monoisotopic (exact) mass is 216 g/mol. The molecule has 0 bridgehead atoms. The average molecular weight is 217 g/mol. The Balaban J connectivity index is 2.16. The fourth-order valence-electron chi connectivity index (χ4n) is 2.04. The van der Waals surface area contributed by atoms with Crippen molar-refractivity contribution >= 4 is 23.1 Å². The molecule has 0 aromatic carbocycles. The number of hydrogen-bond acceptors (Lipinski definition) is 2. The lowest BCUT2D eigenvalue weighted by Crippen LogP contribution is -2.25. The molecule has 0 amide bonds. The van der Waals surface area contributed by atoms with Crippen molar-refractivity contribution in [2.45, 2.75) is 0 Å². The van der Waals surface area contributed by atoms with Crippen LogP contribution in [0.3, 0.4) is 0 Å². The fraction of sp³-hybridized carbons (Fsp3) is 0.167. The van der Waals surface area contributed by atoms with Crippen molar-refractivity contribution in [1.29, 1.82) is 0 Å². The van der Waals surface area contributed by atoms with Crippen LogP contribution in [0.2, 0.25) is 0 Å². The number of halogens is 1. The molecule has 15 heavy (non-hydrogen) atoms. The molecule has 3 heteroatoms. The first-order valence-corrected chi connectivity index (χ1v) is 5.40. The van der Waals surface area contributed by atoms with Crippen molar-refractivity contribution in [2.75, 3.05) is 5.88 Å². The molecule has 1 heterocycles. The zero-order valence-electron chi connectivity index (χ0n) is 8.02. The SMILES string of the molecule is ClCC1=NC2=CC=CC3=CC=CC(=N1)C32. The third kappa shape index (κ3) is 1.33. The molecule has 3 aliphatic rings. The van der Waals surface area contributed by atoms with Gasteiger partial charge in [0, 0.05) is 0 Å². The number of allylic oxidation sites excluding steroid dienone is 7. The Morgan fingerprint density at radius 2 is 2.00 bits per heavy atom. The first-order valence-electron chi connectivity index (χ1n) is 4.87. The van der Waals surface area contributed by atoms with Gasteiger partial charge in [0.15, 0.2) is 0 Å². The molecular weight excluding hydrogens is 208 g/mol. The minimum Gasteiger partial charge on any atom is -0.236 e. The molecule has 2 aliphatic carbocycles. The number of rotatable bonds is 1. The van der Waals surface area contributed by atoms with E-state index >= 15 is 0 Å². The van der Waals surface area contributed by atoms with Gasteiger partial charge in [0.2, 0.25) is 0 Å². The molecule has 1 atom stereocenters. The lowest BCUT2D eigenvalue weighted by molar-refractivity contribution is 0.920. The Morgan fingerprint density at radius 1 is 1.13 bits per heavy atom. The van der Waals surface area contributed by atoms with Crippen LogP contribution in [0.4, 0.5) is 0 Å². The van der Waals surface area contributed by atoms with E-state index in [1.165, 1.54) is 5.57 Å². The number of hydrogen-bond donors (Lipinski definition) is 0. The van der Waals surface area contributed by atoms with Crippen molar-refractivity contribution in [3.8, 4) is 0 Å². The summed E-state index contributed by atoms with van der Waals surface area (Å²) >= 11 is 5.77. The van der Waals surface area contributed by atoms with Gasteiger partial charge in [0.05, 0.1) is 23.2 Å². The van der Waals surface area contributed by atoms with Gasteiger partial charge in [-0.05, 0) is 17.7 Å². The highest BCUT2D eigenvalue weighted by atomic mass is 35.5. The Morgan fingerprint density at radius 3 is 2.87 bits per heavy atom. The third-order valence-corrected chi connectivity index (χ3v) is 2.91. The van der Waals surface area contributed by atoms with Crippen LogP contribution in [0.15, 0.2) is 57.7 Å². The Bertz CT molecular complexity index is 488. The molecule has 0 spiro atoms. The summed E-state index contributed by atoms with van der Waals surface area (Å²) in [5, 5.41) is 0. The van der Waals surface area contributed by atoms with Gasteiger partial charge < -0.3 is 0 Å². The molecule has 0 aromatic heterocycles. The van der Waals surface area contributed by atoms with Gasteiger partial charge in [-0.2, -0.15) is 0 Å². The van der Waals surface area contributed by atoms with Crippen LogP contribution in [0.25, 0.3) is 0 Å². The van der Waals surface area contributed by atoms with E-state index in [4.69, 9.17) is 11.6 Å². The quantitative estimate of drug-likeness (QED) is 0.602. The highest BCUT2D eigenvalue weighted by molar-refractivity contribution is 6.30. The zero-order chi connectivity index (χ0) is 10.3. The van der Waals surface area contributed by atoms with Gasteiger partial charge in [-0.25, -0.2) is 9.98 Å². The lowest BCUT2D eigenvalue weighted by Gasteiger charge is -2.27. The fourth-order valence-corrected chi connectivity index (χ4v) is 2.16. The zero-order valence-corrected chi connectivity index (χ0v) is 8.78. The number of amidine groups is 1. The molecule has 1 unspecified atom stereocenters. The Labute approximate surface area is 93.1 Å². The molecule has 0 radical (unpaired) electrons. The first-order chi connectivity index (χ1) is 7.38. The second-order valence-electron chi connectivity index (χ2n) is 3.61. The highest BCUT2D eigenvalue weighted by Gasteiger charge is 2.28.